The number of nitrogens with zero attached hydrogens (tertiary/aromatic N) is 1. The minimum absolute atomic E-state index is 0.0748. The average molecular weight is 313 g/mol. The second kappa shape index (κ2) is 4.93. The first-order valence-corrected chi connectivity index (χ1v) is 9.23. The van der Waals surface area contributed by atoms with E-state index in [0.29, 0.717) is 24.2 Å². The number of fused-ring (bicyclic) bond motifs is 5. The van der Waals surface area contributed by atoms with Gasteiger partial charge in [-0.2, -0.15) is 5.26 Å². The van der Waals surface area contributed by atoms with Crippen molar-refractivity contribution in [2.24, 2.45) is 34.5 Å². The van der Waals surface area contributed by atoms with E-state index in [2.05, 4.69) is 19.9 Å². The lowest BCUT2D eigenvalue weighted by Gasteiger charge is -2.58. The predicted octanol–water partition coefficient (Wildman–Crippen LogP) is 3.63. The van der Waals surface area contributed by atoms with Gasteiger partial charge in [0.05, 0.1) is 18.1 Å². The topological polar surface area (TPSA) is 61.1 Å². The second-order valence-electron chi connectivity index (χ2n) is 8.86. The molecule has 0 aromatic rings. The molecule has 1 N–H and O–H groups in total. The number of allylic oxidation sites excluding steroid dienone is 1. The van der Waals surface area contributed by atoms with Crippen LogP contribution in [0.25, 0.3) is 0 Å². The molecule has 23 heavy (non-hydrogen) atoms. The number of hydrogen-bond donors (Lipinski definition) is 1. The van der Waals surface area contributed by atoms with Crippen LogP contribution in [-0.2, 0) is 4.79 Å². The first-order chi connectivity index (χ1) is 10.9. The molecule has 0 amide bonds. The fourth-order valence-corrected chi connectivity index (χ4v) is 6.79. The molecule has 0 bridgehead atoms. The molecule has 0 aromatic carbocycles. The molecule has 0 heterocycles. The summed E-state index contributed by atoms with van der Waals surface area (Å²) in [5.74, 6) is 1.67. The van der Waals surface area contributed by atoms with Crippen molar-refractivity contribution >= 4 is 5.78 Å². The lowest BCUT2D eigenvalue weighted by Crippen LogP contribution is -2.53. The van der Waals surface area contributed by atoms with E-state index in [1.807, 2.05) is 6.08 Å². The number of rotatable bonds is 0. The van der Waals surface area contributed by atoms with Crippen LogP contribution in [-0.4, -0.2) is 17.0 Å². The number of ketones is 1. The molecule has 4 aliphatic rings. The van der Waals surface area contributed by atoms with Crippen LogP contribution in [0.15, 0.2) is 11.6 Å². The number of aliphatic hydroxyl groups is 1. The molecular weight excluding hydrogens is 286 g/mol. The van der Waals surface area contributed by atoms with Crippen LogP contribution in [0.2, 0.25) is 0 Å². The van der Waals surface area contributed by atoms with E-state index in [9.17, 15) is 15.2 Å². The number of aliphatic hydroxyl groups excluding tert-OH is 1. The highest BCUT2D eigenvalue weighted by Gasteiger charge is 2.60. The van der Waals surface area contributed by atoms with Gasteiger partial charge >= 0.3 is 0 Å². The van der Waals surface area contributed by atoms with Gasteiger partial charge in [-0.15, -0.1) is 0 Å². The Bertz CT molecular complexity index is 618. The minimum Gasteiger partial charge on any atom is -0.393 e. The van der Waals surface area contributed by atoms with Crippen molar-refractivity contribution in [3.63, 3.8) is 0 Å². The maximum absolute atomic E-state index is 12.0. The summed E-state index contributed by atoms with van der Waals surface area (Å²) in [5, 5.41) is 20.2. The molecule has 0 spiro atoms. The largest absolute Gasteiger partial charge is 0.393 e. The quantitative estimate of drug-likeness (QED) is 0.743. The van der Waals surface area contributed by atoms with Crippen molar-refractivity contribution < 1.29 is 9.90 Å². The van der Waals surface area contributed by atoms with Gasteiger partial charge in [-0.05, 0) is 67.8 Å². The number of hydrogen-bond acceptors (Lipinski definition) is 3. The smallest absolute Gasteiger partial charge is 0.157 e. The monoisotopic (exact) mass is 313 g/mol. The maximum atomic E-state index is 12.0. The highest BCUT2D eigenvalue weighted by Crippen LogP contribution is 2.66. The van der Waals surface area contributed by atoms with Crippen LogP contribution in [0.4, 0.5) is 0 Å². The maximum Gasteiger partial charge on any atom is 0.157 e. The van der Waals surface area contributed by atoms with Crippen molar-refractivity contribution in [3.8, 4) is 6.07 Å². The summed E-state index contributed by atoms with van der Waals surface area (Å²) in [4.78, 5) is 12.0. The zero-order chi connectivity index (χ0) is 16.4. The SMILES string of the molecule is C[C@]12CC[C@H]3[C@@H](CCC4=CC(=O)CC(C#N)[C@@]43C)[C@@H]1CC[C@@H]2O. The third-order valence-electron chi connectivity index (χ3n) is 8.22. The molecule has 3 fully saturated rings. The van der Waals surface area contributed by atoms with E-state index >= 15 is 0 Å². The molecule has 0 aromatic heterocycles. The van der Waals surface area contributed by atoms with Crippen molar-refractivity contribution in [2.45, 2.75) is 64.9 Å². The van der Waals surface area contributed by atoms with Crippen molar-refractivity contribution in [3.05, 3.63) is 11.6 Å². The zero-order valence-corrected chi connectivity index (χ0v) is 14.2. The van der Waals surface area contributed by atoms with Crippen LogP contribution >= 0.6 is 0 Å². The number of carbonyl (C=O) groups excluding carboxylic acids is 1. The minimum atomic E-state index is -0.168. The summed E-state index contributed by atoms with van der Waals surface area (Å²) in [6.45, 7) is 4.54. The molecule has 4 aliphatic carbocycles. The van der Waals surface area contributed by atoms with E-state index in [1.54, 1.807) is 0 Å². The summed E-state index contributed by atoms with van der Waals surface area (Å²) in [5.41, 5.74) is 1.19. The second-order valence-corrected chi connectivity index (χ2v) is 8.86. The van der Waals surface area contributed by atoms with Crippen LogP contribution < -0.4 is 0 Å². The fourth-order valence-electron chi connectivity index (χ4n) is 6.79. The van der Waals surface area contributed by atoms with Crippen LogP contribution in [0.1, 0.15) is 58.8 Å². The van der Waals surface area contributed by atoms with Gasteiger partial charge in [0, 0.05) is 11.8 Å². The van der Waals surface area contributed by atoms with Crippen LogP contribution in [0.3, 0.4) is 0 Å². The highest BCUT2D eigenvalue weighted by molar-refractivity contribution is 5.92. The Kier molecular flexibility index (Phi) is 3.30. The molecule has 0 aliphatic heterocycles. The molecule has 4 rings (SSSR count). The van der Waals surface area contributed by atoms with Crippen molar-refractivity contribution in [1.82, 2.24) is 0 Å². The van der Waals surface area contributed by atoms with Gasteiger partial charge in [0.15, 0.2) is 5.78 Å². The number of carbonyl (C=O) groups is 1. The summed E-state index contributed by atoms with van der Waals surface area (Å²) in [6, 6.07) is 2.47. The molecule has 0 saturated heterocycles. The van der Waals surface area contributed by atoms with Gasteiger partial charge < -0.3 is 5.11 Å². The van der Waals surface area contributed by atoms with E-state index in [1.165, 1.54) is 5.57 Å². The molecule has 7 atom stereocenters. The lowest BCUT2D eigenvalue weighted by atomic mass is 9.45. The van der Waals surface area contributed by atoms with E-state index in [0.717, 1.165) is 38.5 Å². The standard InChI is InChI=1S/C20H27NO2/c1-19-8-7-17-15(16(19)5-6-18(19)23)4-3-12-9-14(22)10-13(11-21)20(12,17)2/h9,13,15-18,23H,3-8,10H2,1-2H3/t13?,15-,16-,17-,18-,19-,20+/m0/s1. The molecule has 124 valence electrons. The Morgan fingerprint density at radius 1 is 1.22 bits per heavy atom. The normalized spacial score (nSPS) is 52.0. The Morgan fingerprint density at radius 2 is 2.00 bits per heavy atom. The van der Waals surface area contributed by atoms with Crippen LogP contribution in [0, 0.1) is 45.8 Å². The molecule has 1 unspecified atom stereocenters. The van der Waals surface area contributed by atoms with Gasteiger partial charge in [0.2, 0.25) is 0 Å². The molecule has 0 radical (unpaired) electrons. The van der Waals surface area contributed by atoms with Gasteiger partial charge in [-0.25, -0.2) is 0 Å². The summed E-state index contributed by atoms with van der Waals surface area (Å²) in [6.07, 6.45) is 8.41. The van der Waals surface area contributed by atoms with Crippen LogP contribution in [0.5, 0.6) is 0 Å². The summed E-state index contributed by atoms with van der Waals surface area (Å²) >= 11 is 0. The molecule has 3 saturated carbocycles. The Hall–Kier alpha value is -1.14. The average Bonchev–Trinajstić information content (AvgIpc) is 2.83. The lowest BCUT2D eigenvalue weighted by molar-refractivity contribution is -0.120. The van der Waals surface area contributed by atoms with Gasteiger partial charge in [-0.1, -0.05) is 19.4 Å². The van der Waals surface area contributed by atoms with E-state index in [4.69, 9.17) is 0 Å². The predicted molar refractivity (Wildman–Crippen MR) is 87.2 cm³/mol. The molecule has 3 nitrogen and oxygen atoms in total. The van der Waals surface area contributed by atoms with Gasteiger partial charge in [-0.3, -0.25) is 4.79 Å². The zero-order valence-electron chi connectivity index (χ0n) is 14.2. The Morgan fingerprint density at radius 3 is 2.74 bits per heavy atom. The van der Waals surface area contributed by atoms with Gasteiger partial charge in [0.1, 0.15) is 0 Å². The third-order valence-corrected chi connectivity index (χ3v) is 8.22. The van der Waals surface area contributed by atoms with E-state index < -0.39 is 0 Å². The summed E-state index contributed by atoms with van der Waals surface area (Å²) in [7, 11) is 0. The summed E-state index contributed by atoms with van der Waals surface area (Å²) < 4.78 is 0. The third kappa shape index (κ3) is 1.88. The highest BCUT2D eigenvalue weighted by atomic mass is 16.3. The van der Waals surface area contributed by atoms with E-state index in [-0.39, 0.29) is 28.6 Å². The molecular formula is C20H27NO2. The molecule has 3 heteroatoms. The number of nitriles is 1. The first-order valence-electron chi connectivity index (χ1n) is 9.23. The van der Waals surface area contributed by atoms with Crippen molar-refractivity contribution in [1.29, 1.82) is 5.26 Å². The fraction of sp³-hybridized carbons (Fsp3) is 0.800. The Labute approximate surface area is 138 Å². The Balaban J connectivity index is 1.74. The van der Waals surface area contributed by atoms with Crippen molar-refractivity contribution in [2.75, 3.05) is 0 Å². The van der Waals surface area contributed by atoms with Gasteiger partial charge in [0.25, 0.3) is 0 Å². The first kappa shape index (κ1) is 15.4.